The van der Waals surface area contributed by atoms with Gasteiger partial charge in [0.1, 0.15) is 17.8 Å². The van der Waals surface area contributed by atoms with Gasteiger partial charge in [-0.3, -0.25) is 14.5 Å². The van der Waals surface area contributed by atoms with Crippen LogP contribution in [0.4, 0.5) is 4.79 Å². The first kappa shape index (κ1) is 30.9. The zero-order chi connectivity index (χ0) is 27.8. The molecule has 2 aliphatic rings. The molecule has 3 N–H and O–H groups in total. The van der Waals surface area contributed by atoms with Crippen molar-refractivity contribution < 1.29 is 39.2 Å². The topological polar surface area (TPSA) is 134 Å². The molecule has 0 radical (unpaired) electrons. The molecule has 2 aliphatic heterocycles. The van der Waals surface area contributed by atoms with Crippen LogP contribution in [0.3, 0.4) is 0 Å². The number of cyclic esters (lactones) is 1. The molecule has 9 nitrogen and oxygen atoms in total. The van der Waals surface area contributed by atoms with Crippen LogP contribution >= 0.6 is 11.8 Å². The van der Waals surface area contributed by atoms with Gasteiger partial charge in [0.2, 0.25) is 0 Å². The Kier molecular flexibility index (Phi) is 11.7. The van der Waals surface area contributed by atoms with Gasteiger partial charge in [0, 0.05) is 25.1 Å². The maximum atomic E-state index is 12.6. The van der Waals surface area contributed by atoms with Crippen LogP contribution in [0.2, 0.25) is 0 Å². The lowest BCUT2D eigenvalue weighted by molar-refractivity contribution is -0.157. The number of carboxylic acid groups (broad SMARTS) is 1. The van der Waals surface area contributed by atoms with Crippen LogP contribution < -0.4 is 0 Å². The molecule has 0 aromatic heterocycles. The van der Waals surface area contributed by atoms with E-state index in [1.54, 1.807) is 30.8 Å². The molecule has 2 heterocycles. The Morgan fingerprint density at radius 2 is 2.05 bits per heavy atom. The fourth-order valence-electron chi connectivity index (χ4n) is 4.45. The molecule has 2 rings (SSSR count). The second kappa shape index (κ2) is 14.0. The number of esters is 2. The van der Waals surface area contributed by atoms with Crippen molar-refractivity contribution in [2.75, 3.05) is 12.3 Å². The van der Waals surface area contributed by atoms with Crippen LogP contribution in [0.5, 0.6) is 0 Å². The molecular weight excluding hydrogens is 498 g/mol. The van der Waals surface area contributed by atoms with Crippen LogP contribution in [0, 0.1) is 11.8 Å². The first-order valence-corrected chi connectivity index (χ1v) is 13.8. The van der Waals surface area contributed by atoms with Crippen molar-refractivity contribution in [1.29, 1.82) is 0 Å². The summed E-state index contributed by atoms with van der Waals surface area (Å²) < 4.78 is 11.1. The zero-order valence-corrected chi connectivity index (χ0v) is 23.1. The molecule has 1 amide bonds. The van der Waals surface area contributed by atoms with Crippen molar-refractivity contribution in [1.82, 2.24) is 4.90 Å². The van der Waals surface area contributed by atoms with Gasteiger partial charge in [0.05, 0.1) is 17.9 Å². The minimum absolute atomic E-state index is 0.0616. The highest BCUT2D eigenvalue weighted by molar-refractivity contribution is 8.00. The molecule has 1 fully saturated rings. The third kappa shape index (κ3) is 9.83. The maximum Gasteiger partial charge on any atom is 0.408 e. The number of thioether (sulfide) groups is 1. The first-order valence-electron chi connectivity index (χ1n) is 12.7. The third-order valence-corrected chi connectivity index (χ3v) is 7.92. The average Bonchev–Trinajstić information content (AvgIpc) is 3.26. The second-order valence-electron chi connectivity index (χ2n) is 10.2. The summed E-state index contributed by atoms with van der Waals surface area (Å²) in [6.07, 6.45) is 6.44. The fourth-order valence-corrected chi connectivity index (χ4v) is 5.84. The molecule has 10 heteroatoms. The van der Waals surface area contributed by atoms with E-state index in [9.17, 15) is 29.7 Å². The fraction of sp³-hybridized carbons (Fsp3) is 0.667. The summed E-state index contributed by atoms with van der Waals surface area (Å²) in [6.45, 7) is 9.09. The standard InChI is InChI=1S/C27H41NO8S/c1-17(15-23-28(26(32)33)13-14-37-23)7-6-8-18(2)25-19(3)9-10-22(35-20(4)29)27(5,34)12-11-21(30)16-24(31)36-25/h6-10,17,19,21-23,25,30,34H,11-16H2,1-5H3,(H,32,33)/b7-6+,10-9-,18-8+/t17-,19-,21+,22+,23?,25-,27+/m0/s1. The van der Waals surface area contributed by atoms with Crippen molar-refractivity contribution >= 4 is 29.8 Å². The van der Waals surface area contributed by atoms with Crippen molar-refractivity contribution in [3.63, 3.8) is 0 Å². The Balaban J connectivity index is 2.19. The van der Waals surface area contributed by atoms with Gasteiger partial charge >= 0.3 is 18.0 Å². The van der Waals surface area contributed by atoms with Gasteiger partial charge in [0.15, 0.2) is 0 Å². The van der Waals surface area contributed by atoms with E-state index in [0.717, 1.165) is 11.3 Å². The minimum Gasteiger partial charge on any atom is -0.465 e. The summed E-state index contributed by atoms with van der Waals surface area (Å²) >= 11 is 1.65. The number of carbonyl (C=O) groups excluding carboxylic acids is 2. The van der Waals surface area contributed by atoms with Crippen LogP contribution in [0.25, 0.3) is 0 Å². The molecule has 0 saturated carbocycles. The highest BCUT2D eigenvalue weighted by Gasteiger charge is 2.35. The smallest absolute Gasteiger partial charge is 0.408 e. The molecule has 0 spiro atoms. The van der Waals surface area contributed by atoms with E-state index >= 15 is 0 Å². The lowest BCUT2D eigenvalue weighted by atomic mass is 9.88. The zero-order valence-electron chi connectivity index (χ0n) is 22.3. The van der Waals surface area contributed by atoms with E-state index in [1.165, 1.54) is 11.8 Å². The lowest BCUT2D eigenvalue weighted by Crippen LogP contribution is -2.42. The van der Waals surface area contributed by atoms with Gasteiger partial charge in [0.25, 0.3) is 0 Å². The second-order valence-corrected chi connectivity index (χ2v) is 11.5. The third-order valence-electron chi connectivity index (χ3n) is 6.67. The Labute approximate surface area is 223 Å². The number of amides is 1. The van der Waals surface area contributed by atoms with Gasteiger partial charge in [-0.05, 0) is 50.7 Å². The number of allylic oxidation sites excluding steroid dienone is 3. The summed E-state index contributed by atoms with van der Waals surface area (Å²) in [5, 5.41) is 30.5. The summed E-state index contributed by atoms with van der Waals surface area (Å²) in [5.41, 5.74) is -0.641. The average molecular weight is 540 g/mol. The molecule has 1 saturated heterocycles. The van der Waals surface area contributed by atoms with E-state index in [4.69, 9.17) is 9.47 Å². The molecule has 0 bridgehead atoms. The van der Waals surface area contributed by atoms with E-state index < -0.39 is 41.9 Å². The number of hydrogen-bond donors (Lipinski definition) is 3. The highest BCUT2D eigenvalue weighted by Crippen LogP contribution is 2.30. The largest absolute Gasteiger partial charge is 0.465 e. The molecule has 1 unspecified atom stereocenters. The van der Waals surface area contributed by atoms with Gasteiger partial charge in [-0.1, -0.05) is 38.2 Å². The molecule has 37 heavy (non-hydrogen) atoms. The van der Waals surface area contributed by atoms with Crippen LogP contribution in [0.1, 0.15) is 60.3 Å². The SMILES string of the molecule is CC(=O)O[C@@H]1/C=C\[C@H](C)[C@H](/C(C)=C/C=C/[C@H](C)CC2SCCN2C(=O)O)OC(=O)C[C@H](O)CC[C@@]1(C)O. The van der Waals surface area contributed by atoms with Crippen molar-refractivity contribution in [3.8, 4) is 0 Å². The number of carbonyl (C=O) groups is 3. The number of aliphatic hydroxyl groups excluding tert-OH is 1. The Hall–Kier alpha value is -2.30. The molecule has 0 aliphatic carbocycles. The lowest BCUT2D eigenvalue weighted by Gasteiger charge is -2.32. The number of rotatable bonds is 6. The maximum absolute atomic E-state index is 12.6. The van der Waals surface area contributed by atoms with Crippen molar-refractivity contribution in [3.05, 3.63) is 36.0 Å². The summed E-state index contributed by atoms with van der Waals surface area (Å²) in [5.74, 6) is -0.439. The van der Waals surface area contributed by atoms with Gasteiger partial charge in [-0.25, -0.2) is 4.79 Å². The van der Waals surface area contributed by atoms with Crippen LogP contribution in [0.15, 0.2) is 36.0 Å². The molecular formula is C27H41NO8S. The normalized spacial score (nSPS) is 33.8. The van der Waals surface area contributed by atoms with E-state index in [1.807, 2.05) is 39.0 Å². The molecule has 7 atom stereocenters. The Morgan fingerprint density at radius 1 is 1.35 bits per heavy atom. The van der Waals surface area contributed by atoms with Crippen molar-refractivity contribution in [2.45, 2.75) is 89.6 Å². The van der Waals surface area contributed by atoms with E-state index in [2.05, 4.69) is 0 Å². The number of aliphatic hydroxyl groups is 2. The highest BCUT2D eigenvalue weighted by atomic mass is 32.2. The van der Waals surface area contributed by atoms with Crippen LogP contribution in [-0.4, -0.2) is 79.8 Å². The predicted octanol–water partition coefficient (Wildman–Crippen LogP) is 3.90. The van der Waals surface area contributed by atoms with Gasteiger partial charge in [-0.2, -0.15) is 0 Å². The summed E-state index contributed by atoms with van der Waals surface area (Å²) in [7, 11) is 0. The van der Waals surface area contributed by atoms with Gasteiger partial charge < -0.3 is 24.8 Å². The Bertz CT molecular complexity index is 899. The number of ether oxygens (including phenoxy) is 2. The van der Waals surface area contributed by atoms with E-state index in [-0.39, 0.29) is 36.5 Å². The first-order chi connectivity index (χ1) is 17.3. The summed E-state index contributed by atoms with van der Waals surface area (Å²) in [6, 6.07) is 0. The summed E-state index contributed by atoms with van der Waals surface area (Å²) in [4.78, 5) is 37.1. The minimum atomic E-state index is -1.42. The molecule has 0 aromatic rings. The van der Waals surface area contributed by atoms with E-state index in [0.29, 0.717) is 13.0 Å². The predicted molar refractivity (Wildman–Crippen MR) is 142 cm³/mol. The monoisotopic (exact) mass is 539 g/mol. The van der Waals surface area contributed by atoms with Crippen LogP contribution in [-0.2, 0) is 19.1 Å². The molecule has 0 aromatic carbocycles. The van der Waals surface area contributed by atoms with Gasteiger partial charge in [-0.15, -0.1) is 11.8 Å². The number of hydrogen-bond acceptors (Lipinski definition) is 8. The quantitative estimate of drug-likeness (QED) is 0.261. The van der Waals surface area contributed by atoms with Crippen molar-refractivity contribution in [2.24, 2.45) is 11.8 Å². The Morgan fingerprint density at radius 3 is 2.70 bits per heavy atom. The number of nitrogens with zero attached hydrogens (tertiary/aromatic N) is 1. The molecule has 208 valence electrons.